The Hall–Kier alpha value is -0.225. The van der Waals surface area contributed by atoms with Crippen LogP contribution in [0.3, 0.4) is 0 Å². The van der Waals surface area contributed by atoms with Crippen molar-refractivity contribution in [3.8, 4) is 0 Å². The van der Waals surface area contributed by atoms with Crippen LogP contribution >= 0.6 is 0 Å². The van der Waals surface area contributed by atoms with Crippen LogP contribution < -0.4 is 11.5 Å². The van der Waals surface area contributed by atoms with Gasteiger partial charge in [-0.05, 0) is 38.4 Å². The van der Waals surface area contributed by atoms with Crippen LogP contribution in [0.2, 0.25) is 6.32 Å². The Kier molecular flexibility index (Phi) is 5.23. The number of nitrogens with two attached hydrogens (primary N) is 2. The number of hydrogen-bond donors (Lipinski definition) is 4. The first-order valence-electron chi connectivity index (χ1n) is 7.66. The Morgan fingerprint density at radius 3 is 2.55 bits per heavy atom. The Balaban J connectivity index is 1.96. The van der Waals surface area contributed by atoms with Crippen molar-refractivity contribution in [2.45, 2.75) is 50.1 Å². The van der Waals surface area contributed by atoms with Crippen LogP contribution in [0.1, 0.15) is 32.6 Å². The van der Waals surface area contributed by atoms with Gasteiger partial charge in [-0.25, -0.2) is 4.18 Å². The van der Waals surface area contributed by atoms with Crippen molar-refractivity contribution in [2.75, 3.05) is 19.6 Å². The molecule has 0 aromatic heterocycles. The zero-order valence-corrected chi connectivity index (χ0v) is 13.8. The molecule has 2 aliphatic rings. The fraction of sp³-hybridized carbons (Fsp3) is 1.00. The fourth-order valence-corrected chi connectivity index (χ4v) is 4.49. The predicted octanol–water partition coefficient (Wildman–Crippen LogP) is -1.36. The molecule has 22 heavy (non-hydrogen) atoms. The summed E-state index contributed by atoms with van der Waals surface area (Å²) >= 11 is 0. The summed E-state index contributed by atoms with van der Waals surface area (Å²) in [5.41, 5.74) is 10.4. The summed E-state index contributed by atoms with van der Waals surface area (Å²) in [7, 11) is -5.18. The second-order valence-electron chi connectivity index (χ2n) is 6.83. The van der Waals surface area contributed by atoms with E-state index in [-0.39, 0.29) is 31.9 Å². The average Bonchev–Trinajstić information content (AvgIpc) is 3.08. The normalized spacial score (nSPS) is 31.4. The van der Waals surface area contributed by atoms with Gasteiger partial charge in [0, 0.05) is 25.2 Å². The highest BCUT2D eigenvalue weighted by Crippen LogP contribution is 2.41. The lowest BCUT2D eigenvalue weighted by Gasteiger charge is -2.25. The van der Waals surface area contributed by atoms with E-state index >= 15 is 0 Å². The van der Waals surface area contributed by atoms with Crippen LogP contribution in [0.25, 0.3) is 0 Å². The lowest BCUT2D eigenvalue weighted by molar-refractivity contribution is 0.175. The van der Waals surface area contributed by atoms with Crippen molar-refractivity contribution in [2.24, 2.45) is 17.4 Å². The van der Waals surface area contributed by atoms with Crippen molar-refractivity contribution in [1.29, 1.82) is 0 Å². The summed E-state index contributed by atoms with van der Waals surface area (Å²) in [6, 6.07) is 0. The molecule has 0 aromatic rings. The van der Waals surface area contributed by atoms with E-state index in [0.29, 0.717) is 25.7 Å². The van der Waals surface area contributed by atoms with E-state index in [2.05, 4.69) is 0 Å². The molecule has 0 amide bonds. The van der Waals surface area contributed by atoms with Crippen molar-refractivity contribution in [3.63, 3.8) is 0 Å². The Morgan fingerprint density at radius 1 is 1.41 bits per heavy atom. The smallest absolute Gasteiger partial charge is 0.427 e. The van der Waals surface area contributed by atoms with Crippen LogP contribution in [0.5, 0.6) is 0 Å². The van der Waals surface area contributed by atoms with E-state index < -0.39 is 28.6 Å². The Morgan fingerprint density at radius 2 is 2.05 bits per heavy atom. The van der Waals surface area contributed by atoms with Crippen molar-refractivity contribution >= 4 is 17.4 Å². The van der Waals surface area contributed by atoms with Gasteiger partial charge in [0.05, 0.1) is 0 Å². The zero-order chi connectivity index (χ0) is 16.6. The fourth-order valence-electron chi connectivity index (χ4n) is 2.90. The van der Waals surface area contributed by atoms with Crippen LogP contribution in [-0.4, -0.2) is 60.7 Å². The lowest BCUT2D eigenvalue weighted by Crippen LogP contribution is -2.45. The maximum absolute atomic E-state index is 12.4. The third-order valence-corrected chi connectivity index (χ3v) is 6.14. The van der Waals surface area contributed by atoms with Gasteiger partial charge < -0.3 is 21.5 Å². The monoisotopic (exact) mass is 335 g/mol. The van der Waals surface area contributed by atoms with E-state index in [1.807, 2.05) is 6.92 Å². The maximum Gasteiger partial charge on any atom is 0.451 e. The highest BCUT2D eigenvalue weighted by Gasteiger charge is 2.51. The molecule has 1 saturated carbocycles. The molecule has 1 heterocycles. The molecule has 0 unspecified atom stereocenters. The first-order chi connectivity index (χ1) is 10.1. The van der Waals surface area contributed by atoms with Gasteiger partial charge in [-0.3, -0.25) is 0 Å². The van der Waals surface area contributed by atoms with E-state index in [0.717, 1.165) is 0 Å². The minimum Gasteiger partial charge on any atom is -0.427 e. The van der Waals surface area contributed by atoms with Gasteiger partial charge >= 0.3 is 17.4 Å². The summed E-state index contributed by atoms with van der Waals surface area (Å²) in [6.45, 7) is 2.50. The van der Waals surface area contributed by atoms with Gasteiger partial charge in [0.2, 0.25) is 0 Å². The minimum atomic E-state index is -3.84. The third kappa shape index (κ3) is 4.19. The van der Waals surface area contributed by atoms with E-state index in [1.54, 1.807) is 0 Å². The highest BCUT2D eigenvalue weighted by atomic mass is 32.2. The molecule has 128 valence electrons. The van der Waals surface area contributed by atoms with Crippen LogP contribution in [0, 0.1) is 5.92 Å². The summed E-state index contributed by atoms with van der Waals surface area (Å²) in [4.78, 5) is 0. The average molecular weight is 335 g/mol. The SMILES string of the molecule is C[C@]1(N)CN(S(=O)(=O)OC2(CN)CC2)C[C@@H]1CCCB(O)O. The van der Waals surface area contributed by atoms with Gasteiger partial charge in [-0.1, -0.05) is 6.42 Å². The molecule has 2 atom stereocenters. The van der Waals surface area contributed by atoms with Gasteiger partial charge in [0.15, 0.2) is 0 Å². The number of hydrogen-bond acceptors (Lipinski definition) is 7. The quantitative estimate of drug-likeness (QED) is 0.402. The summed E-state index contributed by atoms with van der Waals surface area (Å²) in [5.74, 6) is -0.0438. The molecule has 2 fully saturated rings. The molecule has 1 saturated heterocycles. The third-order valence-electron chi connectivity index (χ3n) is 4.67. The van der Waals surface area contributed by atoms with Crippen molar-refractivity contribution < 1.29 is 22.6 Å². The Labute approximate surface area is 132 Å². The molecule has 0 radical (unpaired) electrons. The summed E-state index contributed by atoms with van der Waals surface area (Å²) < 4.78 is 31.3. The van der Waals surface area contributed by atoms with E-state index in [9.17, 15) is 8.42 Å². The second kappa shape index (κ2) is 6.35. The molecule has 8 nitrogen and oxygen atoms in total. The number of nitrogens with zero attached hydrogens (tertiary/aromatic N) is 1. The molecule has 1 aliphatic heterocycles. The van der Waals surface area contributed by atoms with Crippen LogP contribution in [-0.2, 0) is 14.5 Å². The first kappa shape index (κ1) is 18.1. The van der Waals surface area contributed by atoms with Crippen molar-refractivity contribution in [1.82, 2.24) is 4.31 Å². The maximum atomic E-state index is 12.4. The van der Waals surface area contributed by atoms with Crippen molar-refractivity contribution in [3.05, 3.63) is 0 Å². The van der Waals surface area contributed by atoms with Gasteiger partial charge in [-0.2, -0.15) is 12.7 Å². The number of rotatable bonds is 8. The lowest BCUT2D eigenvalue weighted by atomic mass is 9.79. The molecule has 1 aliphatic carbocycles. The zero-order valence-electron chi connectivity index (χ0n) is 12.9. The molecule has 0 aromatic carbocycles. The molecule has 0 spiro atoms. The van der Waals surface area contributed by atoms with E-state index in [1.165, 1.54) is 4.31 Å². The standard InChI is InChI=1S/C12H26BN3O5S/c1-11(15)9-16(7-10(11)3-2-6-13(17)18)22(19,20)21-12(8-14)4-5-12/h10,17-18H,2-9,14-15H2,1H3/t10-,11-/m0/s1. The molecular weight excluding hydrogens is 309 g/mol. The van der Waals surface area contributed by atoms with Crippen LogP contribution in [0.15, 0.2) is 0 Å². The van der Waals surface area contributed by atoms with Crippen LogP contribution in [0.4, 0.5) is 0 Å². The molecule has 2 rings (SSSR count). The first-order valence-corrected chi connectivity index (χ1v) is 9.03. The topological polar surface area (TPSA) is 139 Å². The summed E-state index contributed by atoms with van der Waals surface area (Å²) in [5, 5.41) is 17.8. The van der Waals surface area contributed by atoms with Gasteiger partial charge in [0.1, 0.15) is 5.60 Å². The minimum absolute atomic E-state index is 0.0438. The molecule has 10 heteroatoms. The largest absolute Gasteiger partial charge is 0.451 e. The predicted molar refractivity (Wildman–Crippen MR) is 82.9 cm³/mol. The second-order valence-corrected chi connectivity index (χ2v) is 8.37. The molecule has 6 N–H and O–H groups in total. The van der Waals surface area contributed by atoms with Gasteiger partial charge in [0.25, 0.3) is 0 Å². The highest BCUT2D eigenvalue weighted by molar-refractivity contribution is 7.84. The van der Waals surface area contributed by atoms with E-state index in [4.69, 9.17) is 25.7 Å². The van der Waals surface area contributed by atoms with Gasteiger partial charge in [-0.15, -0.1) is 0 Å². The molecule has 0 bridgehead atoms. The Bertz CT molecular complexity index is 495. The summed E-state index contributed by atoms with van der Waals surface area (Å²) in [6.07, 6.45) is 2.80. The molecular formula is C12H26BN3O5S.